The van der Waals surface area contributed by atoms with Gasteiger partial charge in [-0.1, -0.05) is 18.2 Å². The largest absolute Gasteiger partial charge is 0.416 e. The fourth-order valence-electron chi connectivity index (χ4n) is 2.96. The molecule has 2 N–H and O–H groups in total. The number of carbonyl (C=O) groups excluding carboxylic acids is 2. The third-order valence-electron chi connectivity index (χ3n) is 4.39. The molecule has 1 aliphatic heterocycles. The van der Waals surface area contributed by atoms with Crippen molar-refractivity contribution in [2.24, 2.45) is 0 Å². The third kappa shape index (κ3) is 3.60. The summed E-state index contributed by atoms with van der Waals surface area (Å²) in [5.74, 6) is -0.770. The summed E-state index contributed by atoms with van der Waals surface area (Å²) in [6, 6.07) is 11.5. The number of fused-ring (bicyclic) bond motifs is 1. The quantitative estimate of drug-likeness (QED) is 0.853. The van der Waals surface area contributed by atoms with Gasteiger partial charge in [0.2, 0.25) is 11.8 Å². The Morgan fingerprint density at radius 2 is 1.85 bits per heavy atom. The van der Waals surface area contributed by atoms with E-state index in [4.69, 9.17) is 0 Å². The molecule has 2 aromatic rings. The second kappa shape index (κ2) is 6.61. The van der Waals surface area contributed by atoms with Gasteiger partial charge < -0.3 is 10.6 Å². The summed E-state index contributed by atoms with van der Waals surface area (Å²) >= 11 is 0. The van der Waals surface area contributed by atoms with Gasteiger partial charge in [0.1, 0.15) is 5.54 Å². The Morgan fingerprint density at radius 3 is 2.56 bits per heavy atom. The van der Waals surface area contributed by atoms with Crippen LogP contribution >= 0.6 is 0 Å². The van der Waals surface area contributed by atoms with E-state index in [0.29, 0.717) is 11.4 Å². The topological polar surface area (TPSA) is 61.4 Å². The molecule has 2 amide bonds. The summed E-state index contributed by atoms with van der Waals surface area (Å²) in [6.45, 7) is 2.97. The lowest BCUT2D eigenvalue weighted by Gasteiger charge is -2.42. The first-order chi connectivity index (χ1) is 12.6. The van der Waals surface area contributed by atoms with E-state index < -0.39 is 23.2 Å². The SMILES string of the molecule is CC1(C)C(=O)Nc2ccccc2N1C(=O)CNc1cccc(C(F)(F)F)c1. The van der Waals surface area contributed by atoms with E-state index in [2.05, 4.69) is 10.6 Å². The summed E-state index contributed by atoms with van der Waals surface area (Å²) in [7, 11) is 0. The van der Waals surface area contributed by atoms with Crippen molar-refractivity contribution in [2.45, 2.75) is 25.6 Å². The first-order valence-electron chi connectivity index (χ1n) is 8.25. The van der Waals surface area contributed by atoms with E-state index in [1.165, 1.54) is 17.0 Å². The zero-order valence-corrected chi connectivity index (χ0v) is 14.7. The summed E-state index contributed by atoms with van der Waals surface area (Å²) in [5, 5.41) is 5.47. The Bertz CT molecular complexity index is 894. The van der Waals surface area contributed by atoms with Gasteiger partial charge in [0.05, 0.1) is 23.5 Å². The van der Waals surface area contributed by atoms with Gasteiger partial charge in [-0.2, -0.15) is 13.2 Å². The van der Waals surface area contributed by atoms with Crippen molar-refractivity contribution < 1.29 is 22.8 Å². The molecule has 0 aliphatic carbocycles. The molecular weight excluding hydrogens is 359 g/mol. The van der Waals surface area contributed by atoms with Crippen molar-refractivity contribution in [3.63, 3.8) is 0 Å². The molecule has 0 unspecified atom stereocenters. The number of nitrogens with one attached hydrogen (secondary N) is 2. The third-order valence-corrected chi connectivity index (χ3v) is 4.39. The van der Waals surface area contributed by atoms with E-state index in [9.17, 15) is 22.8 Å². The highest BCUT2D eigenvalue weighted by atomic mass is 19.4. The van der Waals surface area contributed by atoms with Crippen LogP contribution in [-0.4, -0.2) is 23.9 Å². The van der Waals surface area contributed by atoms with Crippen molar-refractivity contribution in [2.75, 3.05) is 22.1 Å². The average Bonchev–Trinajstić information content (AvgIpc) is 2.60. The highest BCUT2D eigenvalue weighted by molar-refractivity contribution is 6.14. The van der Waals surface area contributed by atoms with E-state index in [1.807, 2.05) is 0 Å². The van der Waals surface area contributed by atoms with Gasteiger partial charge in [0.15, 0.2) is 0 Å². The molecule has 3 rings (SSSR count). The van der Waals surface area contributed by atoms with Crippen LogP contribution in [-0.2, 0) is 15.8 Å². The van der Waals surface area contributed by atoms with Crippen molar-refractivity contribution >= 4 is 28.9 Å². The number of nitrogens with zero attached hydrogens (tertiary/aromatic N) is 1. The lowest BCUT2D eigenvalue weighted by molar-refractivity contribution is -0.137. The molecule has 2 aromatic carbocycles. The summed E-state index contributed by atoms with van der Waals surface area (Å²) in [5.41, 5.74) is -0.720. The lowest BCUT2D eigenvalue weighted by Crippen LogP contribution is -2.59. The van der Waals surface area contributed by atoms with Crippen LogP contribution in [0.1, 0.15) is 19.4 Å². The van der Waals surface area contributed by atoms with Gasteiger partial charge in [-0.05, 0) is 44.2 Å². The maximum atomic E-state index is 12.8. The number of carbonyl (C=O) groups is 2. The fraction of sp³-hybridized carbons (Fsp3) is 0.263. The number of alkyl halides is 3. The standard InChI is InChI=1S/C19H18F3N3O2/c1-18(2)17(27)24-14-8-3-4-9-15(14)25(18)16(26)11-23-13-7-5-6-12(10-13)19(20,21)22/h3-10,23H,11H2,1-2H3,(H,24,27). The highest BCUT2D eigenvalue weighted by Gasteiger charge is 2.43. The smallest absolute Gasteiger partial charge is 0.376 e. The summed E-state index contributed by atoms with van der Waals surface area (Å²) < 4.78 is 38.5. The molecule has 142 valence electrons. The number of hydrogen-bond donors (Lipinski definition) is 2. The molecule has 27 heavy (non-hydrogen) atoms. The molecule has 0 aromatic heterocycles. The number of hydrogen-bond acceptors (Lipinski definition) is 3. The van der Waals surface area contributed by atoms with Crippen LogP contribution in [0.2, 0.25) is 0 Å². The minimum Gasteiger partial charge on any atom is -0.376 e. The predicted octanol–water partition coefficient (Wildman–Crippen LogP) is 3.88. The molecule has 0 saturated carbocycles. The zero-order chi connectivity index (χ0) is 19.8. The normalized spacial score (nSPS) is 15.7. The number of anilines is 3. The number of para-hydroxylation sites is 2. The molecule has 1 heterocycles. The molecule has 0 bridgehead atoms. The molecule has 0 fully saturated rings. The van der Waals surface area contributed by atoms with Crippen LogP contribution in [0.25, 0.3) is 0 Å². The maximum Gasteiger partial charge on any atom is 0.416 e. The monoisotopic (exact) mass is 377 g/mol. The number of rotatable bonds is 3. The summed E-state index contributed by atoms with van der Waals surface area (Å²) in [4.78, 5) is 26.6. The van der Waals surface area contributed by atoms with Crippen LogP contribution < -0.4 is 15.5 Å². The van der Waals surface area contributed by atoms with Crippen molar-refractivity contribution in [1.29, 1.82) is 0 Å². The van der Waals surface area contributed by atoms with Crippen molar-refractivity contribution in [1.82, 2.24) is 0 Å². The summed E-state index contributed by atoms with van der Waals surface area (Å²) in [6.07, 6.45) is -4.46. The van der Waals surface area contributed by atoms with E-state index >= 15 is 0 Å². The Kier molecular flexibility index (Phi) is 4.59. The Morgan fingerprint density at radius 1 is 1.15 bits per heavy atom. The molecule has 0 radical (unpaired) electrons. The fourth-order valence-corrected chi connectivity index (χ4v) is 2.96. The van der Waals surface area contributed by atoms with Crippen LogP contribution in [0.5, 0.6) is 0 Å². The maximum absolute atomic E-state index is 12.8. The molecule has 0 spiro atoms. The molecule has 5 nitrogen and oxygen atoms in total. The minimum absolute atomic E-state index is 0.172. The molecular formula is C19H18F3N3O2. The van der Waals surface area contributed by atoms with E-state index in [1.54, 1.807) is 38.1 Å². The molecule has 0 atom stereocenters. The van der Waals surface area contributed by atoms with Crippen molar-refractivity contribution in [3.05, 3.63) is 54.1 Å². The number of benzene rings is 2. The predicted molar refractivity (Wildman–Crippen MR) is 96.6 cm³/mol. The van der Waals surface area contributed by atoms with Crippen molar-refractivity contribution in [3.8, 4) is 0 Å². The zero-order valence-electron chi connectivity index (χ0n) is 14.7. The van der Waals surface area contributed by atoms with Crippen LogP contribution in [0.4, 0.5) is 30.2 Å². The first kappa shape index (κ1) is 18.8. The molecule has 0 saturated heterocycles. The van der Waals surface area contributed by atoms with Gasteiger partial charge in [0, 0.05) is 5.69 Å². The Hall–Kier alpha value is -3.03. The van der Waals surface area contributed by atoms with Gasteiger partial charge in [-0.25, -0.2) is 0 Å². The van der Waals surface area contributed by atoms with Crippen LogP contribution in [0, 0.1) is 0 Å². The van der Waals surface area contributed by atoms with Gasteiger partial charge in [0.25, 0.3) is 0 Å². The van der Waals surface area contributed by atoms with Gasteiger partial charge >= 0.3 is 6.18 Å². The van der Waals surface area contributed by atoms with Gasteiger partial charge in [-0.15, -0.1) is 0 Å². The van der Waals surface area contributed by atoms with Crippen LogP contribution in [0.3, 0.4) is 0 Å². The number of halogens is 3. The van der Waals surface area contributed by atoms with E-state index in [-0.39, 0.29) is 18.1 Å². The second-order valence-electron chi connectivity index (χ2n) is 6.69. The highest BCUT2D eigenvalue weighted by Crippen LogP contribution is 2.36. The van der Waals surface area contributed by atoms with Gasteiger partial charge in [-0.3, -0.25) is 14.5 Å². The average molecular weight is 377 g/mol. The molecule has 8 heteroatoms. The molecule has 1 aliphatic rings. The lowest BCUT2D eigenvalue weighted by atomic mass is 9.96. The minimum atomic E-state index is -4.46. The Labute approximate surface area is 154 Å². The first-order valence-corrected chi connectivity index (χ1v) is 8.25. The second-order valence-corrected chi connectivity index (χ2v) is 6.69. The Balaban J connectivity index is 1.83. The number of amides is 2. The van der Waals surface area contributed by atoms with Crippen LogP contribution in [0.15, 0.2) is 48.5 Å². The van der Waals surface area contributed by atoms with E-state index in [0.717, 1.165) is 12.1 Å².